The van der Waals surface area contributed by atoms with Crippen molar-refractivity contribution in [2.24, 2.45) is 5.92 Å². The molecular formula is C17H25FN2. The fourth-order valence-corrected chi connectivity index (χ4v) is 3.42. The predicted octanol–water partition coefficient (Wildman–Crippen LogP) is 3.49. The van der Waals surface area contributed by atoms with Gasteiger partial charge in [-0.2, -0.15) is 0 Å². The maximum atomic E-state index is 13.9. The molecule has 0 amide bonds. The van der Waals surface area contributed by atoms with E-state index in [1.165, 1.54) is 12.8 Å². The molecule has 1 heterocycles. The molecule has 1 aliphatic carbocycles. The summed E-state index contributed by atoms with van der Waals surface area (Å²) < 4.78 is 13.9. The number of halogens is 1. The first-order valence-corrected chi connectivity index (χ1v) is 7.81. The van der Waals surface area contributed by atoms with Crippen LogP contribution in [0.3, 0.4) is 0 Å². The van der Waals surface area contributed by atoms with E-state index in [1.54, 1.807) is 6.07 Å². The second-order valence-corrected chi connectivity index (χ2v) is 6.70. The normalized spacial score (nSPS) is 30.6. The Morgan fingerprint density at radius 3 is 2.75 bits per heavy atom. The maximum absolute atomic E-state index is 13.9. The first-order valence-electron chi connectivity index (χ1n) is 7.81. The van der Waals surface area contributed by atoms with Crippen molar-refractivity contribution in [3.8, 4) is 0 Å². The Bertz CT molecular complexity index is 498. The van der Waals surface area contributed by atoms with Crippen molar-refractivity contribution in [3.05, 3.63) is 29.6 Å². The number of piperazine rings is 1. The lowest BCUT2D eigenvalue weighted by atomic mass is 9.90. The third kappa shape index (κ3) is 2.44. The van der Waals surface area contributed by atoms with Crippen LogP contribution in [0.5, 0.6) is 0 Å². The number of anilines is 1. The Balaban J connectivity index is 1.88. The molecular weight excluding hydrogens is 251 g/mol. The van der Waals surface area contributed by atoms with Crippen LogP contribution in [0.15, 0.2) is 18.2 Å². The van der Waals surface area contributed by atoms with Crippen molar-refractivity contribution in [2.75, 3.05) is 18.0 Å². The first-order chi connectivity index (χ1) is 9.53. The van der Waals surface area contributed by atoms with Gasteiger partial charge in [0.1, 0.15) is 5.82 Å². The van der Waals surface area contributed by atoms with Gasteiger partial charge in [0.05, 0.1) is 0 Å². The van der Waals surface area contributed by atoms with Gasteiger partial charge in [0.15, 0.2) is 0 Å². The highest BCUT2D eigenvalue weighted by atomic mass is 19.1. The topological polar surface area (TPSA) is 15.3 Å². The molecule has 1 N–H and O–H groups in total. The van der Waals surface area contributed by atoms with Gasteiger partial charge in [-0.3, -0.25) is 0 Å². The Hall–Kier alpha value is -1.09. The molecule has 2 unspecified atom stereocenters. The van der Waals surface area contributed by atoms with Crippen LogP contribution in [0.1, 0.15) is 38.7 Å². The van der Waals surface area contributed by atoms with E-state index in [0.717, 1.165) is 36.7 Å². The van der Waals surface area contributed by atoms with E-state index in [1.807, 2.05) is 13.0 Å². The van der Waals surface area contributed by atoms with Crippen molar-refractivity contribution in [1.29, 1.82) is 0 Å². The van der Waals surface area contributed by atoms with Crippen LogP contribution in [0.4, 0.5) is 10.1 Å². The third-order valence-corrected chi connectivity index (χ3v) is 5.12. The molecule has 1 aromatic carbocycles. The molecule has 1 aromatic rings. The van der Waals surface area contributed by atoms with Crippen molar-refractivity contribution in [1.82, 2.24) is 5.32 Å². The van der Waals surface area contributed by atoms with Gasteiger partial charge in [0.25, 0.3) is 0 Å². The van der Waals surface area contributed by atoms with E-state index in [-0.39, 0.29) is 11.4 Å². The third-order valence-electron chi connectivity index (χ3n) is 5.12. The number of aryl methyl sites for hydroxylation is 1. The summed E-state index contributed by atoms with van der Waals surface area (Å²) in [6.07, 6.45) is 3.75. The molecule has 20 heavy (non-hydrogen) atoms. The van der Waals surface area contributed by atoms with Crippen LogP contribution in [0.25, 0.3) is 0 Å². The van der Waals surface area contributed by atoms with Gasteiger partial charge >= 0.3 is 0 Å². The van der Waals surface area contributed by atoms with Gasteiger partial charge in [-0.15, -0.1) is 0 Å². The first kappa shape index (κ1) is 13.9. The van der Waals surface area contributed by atoms with Gasteiger partial charge in [0, 0.05) is 30.4 Å². The summed E-state index contributed by atoms with van der Waals surface area (Å²) in [5.41, 5.74) is 1.95. The van der Waals surface area contributed by atoms with E-state index in [9.17, 15) is 4.39 Å². The van der Waals surface area contributed by atoms with E-state index < -0.39 is 0 Å². The van der Waals surface area contributed by atoms with E-state index in [4.69, 9.17) is 0 Å². The van der Waals surface area contributed by atoms with Crippen LogP contribution < -0.4 is 10.2 Å². The summed E-state index contributed by atoms with van der Waals surface area (Å²) in [6.45, 7) is 8.35. The summed E-state index contributed by atoms with van der Waals surface area (Å²) in [4.78, 5) is 2.41. The monoisotopic (exact) mass is 276 g/mol. The molecule has 1 aliphatic heterocycles. The molecule has 110 valence electrons. The number of benzene rings is 1. The fourth-order valence-electron chi connectivity index (χ4n) is 3.42. The average molecular weight is 276 g/mol. The Labute approximate surface area is 121 Å². The minimum Gasteiger partial charge on any atom is -0.365 e. The van der Waals surface area contributed by atoms with Gasteiger partial charge in [-0.25, -0.2) is 4.39 Å². The van der Waals surface area contributed by atoms with Gasteiger partial charge < -0.3 is 10.2 Å². The molecule has 2 atom stereocenters. The summed E-state index contributed by atoms with van der Waals surface area (Å²) in [7, 11) is 0. The van der Waals surface area contributed by atoms with E-state index in [0.29, 0.717) is 6.04 Å². The zero-order valence-corrected chi connectivity index (χ0v) is 12.7. The summed E-state index contributed by atoms with van der Waals surface area (Å²) >= 11 is 0. The molecule has 0 aromatic heterocycles. The number of rotatable bonds is 3. The van der Waals surface area contributed by atoms with Gasteiger partial charge in [-0.1, -0.05) is 13.0 Å². The van der Waals surface area contributed by atoms with Crippen LogP contribution in [-0.2, 0) is 0 Å². The highest BCUT2D eigenvalue weighted by Crippen LogP contribution is 2.42. The smallest absolute Gasteiger partial charge is 0.128 e. The quantitative estimate of drug-likeness (QED) is 0.909. The van der Waals surface area contributed by atoms with Crippen LogP contribution in [0, 0.1) is 18.7 Å². The summed E-state index contributed by atoms with van der Waals surface area (Å²) in [5, 5.41) is 3.75. The molecule has 0 bridgehead atoms. The Morgan fingerprint density at radius 1 is 1.40 bits per heavy atom. The number of hydrogen-bond donors (Lipinski definition) is 1. The van der Waals surface area contributed by atoms with Crippen LogP contribution in [0.2, 0.25) is 0 Å². The Kier molecular flexibility index (Phi) is 3.49. The zero-order valence-electron chi connectivity index (χ0n) is 12.7. The summed E-state index contributed by atoms with van der Waals surface area (Å²) in [6, 6.07) is 6.13. The van der Waals surface area contributed by atoms with Gasteiger partial charge in [-0.05, 0) is 56.7 Å². The minimum absolute atomic E-state index is 0.0935. The van der Waals surface area contributed by atoms with Gasteiger partial charge in [0.2, 0.25) is 0 Å². The van der Waals surface area contributed by atoms with Crippen molar-refractivity contribution >= 4 is 5.69 Å². The molecule has 2 fully saturated rings. The SMILES string of the molecule is CCC1CNC(C)(C2CC2)CN1c1ccc(C)c(F)c1. The average Bonchev–Trinajstić information content (AvgIpc) is 3.27. The number of nitrogens with one attached hydrogen (secondary N) is 1. The fraction of sp³-hybridized carbons (Fsp3) is 0.647. The second kappa shape index (κ2) is 5.03. The molecule has 3 rings (SSSR count). The highest BCUT2D eigenvalue weighted by Gasteiger charge is 2.45. The number of nitrogens with zero attached hydrogens (tertiary/aromatic N) is 1. The molecule has 1 saturated heterocycles. The lowest BCUT2D eigenvalue weighted by Gasteiger charge is -2.47. The molecule has 2 aliphatic rings. The molecule has 0 spiro atoms. The zero-order chi connectivity index (χ0) is 14.3. The van der Waals surface area contributed by atoms with Crippen LogP contribution >= 0.6 is 0 Å². The molecule has 0 radical (unpaired) electrons. The predicted molar refractivity (Wildman–Crippen MR) is 81.7 cm³/mol. The lowest BCUT2D eigenvalue weighted by molar-refractivity contribution is 0.252. The van der Waals surface area contributed by atoms with E-state index in [2.05, 4.69) is 30.1 Å². The number of hydrogen-bond acceptors (Lipinski definition) is 2. The molecule has 1 saturated carbocycles. The second-order valence-electron chi connectivity index (χ2n) is 6.70. The standard InChI is InChI=1S/C17H25FN2/c1-4-14-10-19-17(3,13-6-7-13)11-20(14)15-8-5-12(2)16(18)9-15/h5,8-9,13-14,19H,4,6-7,10-11H2,1-3H3. The molecule has 2 nitrogen and oxygen atoms in total. The van der Waals surface area contributed by atoms with Crippen molar-refractivity contribution < 1.29 is 4.39 Å². The maximum Gasteiger partial charge on any atom is 0.128 e. The lowest BCUT2D eigenvalue weighted by Crippen LogP contribution is -2.64. The van der Waals surface area contributed by atoms with E-state index >= 15 is 0 Å². The van der Waals surface area contributed by atoms with Crippen molar-refractivity contribution in [2.45, 2.75) is 51.6 Å². The largest absolute Gasteiger partial charge is 0.365 e. The molecule has 3 heteroatoms. The minimum atomic E-state index is -0.0935. The summed E-state index contributed by atoms with van der Waals surface area (Å²) in [5.74, 6) is 0.696. The highest BCUT2D eigenvalue weighted by molar-refractivity contribution is 5.50. The van der Waals surface area contributed by atoms with Crippen molar-refractivity contribution in [3.63, 3.8) is 0 Å². The van der Waals surface area contributed by atoms with Crippen LogP contribution in [-0.4, -0.2) is 24.7 Å². The Morgan fingerprint density at radius 2 is 2.15 bits per heavy atom.